The fraction of sp³-hybridized carbons (Fsp3) is 0.348. The highest BCUT2D eigenvalue weighted by Crippen LogP contribution is 2.36. The van der Waals surface area contributed by atoms with Crippen molar-refractivity contribution in [2.24, 2.45) is 5.92 Å². The van der Waals surface area contributed by atoms with Crippen molar-refractivity contribution in [1.82, 2.24) is 10.6 Å². The number of amides is 3. The van der Waals surface area contributed by atoms with Crippen LogP contribution >= 0.6 is 0 Å². The summed E-state index contributed by atoms with van der Waals surface area (Å²) in [5.74, 6) is -1.46. The van der Waals surface area contributed by atoms with Crippen molar-refractivity contribution < 1.29 is 27.5 Å². The Kier molecular flexibility index (Phi) is 7.37. The van der Waals surface area contributed by atoms with Gasteiger partial charge in [-0.15, -0.1) is 0 Å². The zero-order valence-electron chi connectivity index (χ0n) is 18.7. The standard InChI is InChI=1S/C23H27N3O6S/c1-15(2)13-24-23(29)25-21(27)14-32-22(28)18-8-6-9-19(12-18)33(30,31)26-16(3)11-17-7-4-5-10-20(17)26/h4-10,12,15-16H,11,13-14H2,1-3H3,(H2,24,25,27,29)/t16-/m1/s1. The molecule has 0 aromatic heterocycles. The Bertz CT molecular complexity index is 1160. The van der Waals surface area contributed by atoms with Gasteiger partial charge in [-0.2, -0.15) is 0 Å². The lowest BCUT2D eigenvalue weighted by Crippen LogP contribution is -2.42. The number of benzene rings is 2. The van der Waals surface area contributed by atoms with Crippen LogP contribution in [-0.4, -0.2) is 45.5 Å². The molecule has 3 rings (SSSR count). The number of para-hydroxylation sites is 1. The van der Waals surface area contributed by atoms with Crippen molar-refractivity contribution >= 4 is 33.6 Å². The van der Waals surface area contributed by atoms with E-state index in [-0.39, 0.29) is 22.4 Å². The predicted octanol–water partition coefficient (Wildman–Crippen LogP) is 2.47. The molecular formula is C23H27N3O6S. The number of imide groups is 1. The lowest BCUT2D eigenvalue weighted by molar-refractivity contribution is -0.123. The van der Waals surface area contributed by atoms with Gasteiger partial charge in [0.15, 0.2) is 6.61 Å². The van der Waals surface area contributed by atoms with Gasteiger partial charge in [-0.3, -0.25) is 14.4 Å². The summed E-state index contributed by atoms with van der Waals surface area (Å²) in [6.45, 7) is 5.34. The van der Waals surface area contributed by atoms with E-state index < -0.39 is 34.5 Å². The molecule has 1 aliphatic rings. The first-order chi connectivity index (χ1) is 15.6. The summed E-state index contributed by atoms with van der Waals surface area (Å²) in [5.41, 5.74) is 1.53. The SMILES string of the molecule is CC(C)CNC(=O)NC(=O)COC(=O)c1cccc(S(=O)(=O)N2c3ccccc3C[C@H]2C)c1. The quantitative estimate of drug-likeness (QED) is 0.596. The molecule has 2 aromatic rings. The van der Waals surface area contributed by atoms with Crippen LogP contribution in [0.15, 0.2) is 53.4 Å². The fourth-order valence-electron chi connectivity index (χ4n) is 3.52. The molecule has 9 nitrogen and oxygen atoms in total. The van der Waals surface area contributed by atoms with Gasteiger partial charge < -0.3 is 10.1 Å². The molecule has 1 aliphatic heterocycles. The summed E-state index contributed by atoms with van der Waals surface area (Å²) in [6.07, 6.45) is 0.594. The molecule has 3 amide bonds. The van der Waals surface area contributed by atoms with Gasteiger partial charge in [0, 0.05) is 12.6 Å². The Morgan fingerprint density at radius 3 is 2.58 bits per heavy atom. The monoisotopic (exact) mass is 473 g/mol. The number of nitrogens with one attached hydrogen (secondary N) is 2. The second-order valence-electron chi connectivity index (χ2n) is 8.24. The van der Waals surface area contributed by atoms with Crippen LogP contribution in [0.2, 0.25) is 0 Å². The van der Waals surface area contributed by atoms with Crippen molar-refractivity contribution in [1.29, 1.82) is 0 Å². The molecule has 0 saturated heterocycles. The largest absolute Gasteiger partial charge is 0.452 e. The molecule has 1 atom stereocenters. The molecule has 0 radical (unpaired) electrons. The number of rotatable bonds is 7. The lowest BCUT2D eigenvalue weighted by atomic mass is 10.1. The molecule has 0 unspecified atom stereocenters. The van der Waals surface area contributed by atoms with Crippen molar-refractivity contribution in [3.8, 4) is 0 Å². The zero-order chi connectivity index (χ0) is 24.2. The van der Waals surface area contributed by atoms with Crippen LogP contribution in [0, 0.1) is 5.92 Å². The molecule has 0 saturated carbocycles. The molecule has 0 bridgehead atoms. The smallest absolute Gasteiger partial charge is 0.338 e. The van der Waals surface area contributed by atoms with Crippen LogP contribution in [0.1, 0.15) is 36.7 Å². The van der Waals surface area contributed by atoms with Gasteiger partial charge in [-0.1, -0.05) is 38.1 Å². The van der Waals surface area contributed by atoms with Crippen molar-refractivity contribution in [3.63, 3.8) is 0 Å². The highest BCUT2D eigenvalue weighted by Gasteiger charge is 2.36. The highest BCUT2D eigenvalue weighted by molar-refractivity contribution is 7.92. The first-order valence-corrected chi connectivity index (χ1v) is 12.0. The van der Waals surface area contributed by atoms with Gasteiger partial charge in [0.05, 0.1) is 16.1 Å². The highest BCUT2D eigenvalue weighted by atomic mass is 32.2. The Morgan fingerprint density at radius 2 is 1.85 bits per heavy atom. The van der Waals surface area contributed by atoms with Gasteiger partial charge in [0.1, 0.15) is 0 Å². The topological polar surface area (TPSA) is 122 Å². The number of carbonyl (C=O) groups is 3. The average molecular weight is 474 g/mol. The zero-order valence-corrected chi connectivity index (χ0v) is 19.5. The van der Waals surface area contributed by atoms with Crippen molar-refractivity contribution in [2.45, 2.75) is 38.1 Å². The first kappa shape index (κ1) is 24.2. The number of esters is 1. The molecule has 10 heteroatoms. The second-order valence-corrected chi connectivity index (χ2v) is 10.1. The summed E-state index contributed by atoms with van der Waals surface area (Å²) in [4.78, 5) is 35.8. The van der Waals surface area contributed by atoms with Gasteiger partial charge in [0.25, 0.3) is 15.9 Å². The molecule has 33 heavy (non-hydrogen) atoms. The van der Waals surface area contributed by atoms with Crippen LogP contribution in [-0.2, 0) is 26.0 Å². The van der Waals surface area contributed by atoms with E-state index >= 15 is 0 Å². The summed E-state index contributed by atoms with van der Waals surface area (Å²) in [7, 11) is -3.92. The number of sulfonamides is 1. The van der Waals surface area contributed by atoms with E-state index in [4.69, 9.17) is 4.74 Å². The maximum atomic E-state index is 13.3. The third-order valence-electron chi connectivity index (χ3n) is 5.03. The molecule has 0 spiro atoms. The normalized spacial score (nSPS) is 15.2. The summed E-state index contributed by atoms with van der Waals surface area (Å²) in [6, 6.07) is 11.8. The van der Waals surface area contributed by atoms with Gasteiger partial charge >= 0.3 is 12.0 Å². The van der Waals surface area contributed by atoms with E-state index in [0.29, 0.717) is 18.7 Å². The van der Waals surface area contributed by atoms with E-state index in [1.807, 2.05) is 32.9 Å². The van der Waals surface area contributed by atoms with Gasteiger partial charge in [-0.25, -0.2) is 18.0 Å². The number of fused-ring (bicyclic) bond motifs is 1. The van der Waals surface area contributed by atoms with E-state index in [9.17, 15) is 22.8 Å². The molecule has 1 heterocycles. The molecule has 2 N–H and O–H groups in total. The predicted molar refractivity (Wildman–Crippen MR) is 122 cm³/mol. The first-order valence-electron chi connectivity index (χ1n) is 10.6. The van der Waals surface area contributed by atoms with Crippen LogP contribution in [0.4, 0.5) is 10.5 Å². The Balaban J connectivity index is 1.67. The van der Waals surface area contributed by atoms with E-state index in [0.717, 1.165) is 5.56 Å². The van der Waals surface area contributed by atoms with Crippen molar-refractivity contribution in [3.05, 3.63) is 59.7 Å². The third-order valence-corrected chi connectivity index (χ3v) is 6.95. The summed E-state index contributed by atoms with van der Waals surface area (Å²) < 4.78 is 33.0. The molecule has 176 valence electrons. The summed E-state index contributed by atoms with van der Waals surface area (Å²) >= 11 is 0. The van der Waals surface area contributed by atoms with E-state index in [1.54, 1.807) is 12.1 Å². The van der Waals surface area contributed by atoms with Crippen LogP contribution in [0.25, 0.3) is 0 Å². The molecule has 0 aliphatic carbocycles. The minimum absolute atomic E-state index is 0.0201. The molecular weight excluding hydrogens is 446 g/mol. The number of hydrogen-bond donors (Lipinski definition) is 2. The number of urea groups is 1. The lowest BCUT2D eigenvalue weighted by Gasteiger charge is -2.24. The Morgan fingerprint density at radius 1 is 1.12 bits per heavy atom. The van der Waals surface area contributed by atoms with Gasteiger partial charge in [0.2, 0.25) is 0 Å². The Labute approximate surface area is 193 Å². The molecule has 0 fully saturated rings. The summed E-state index contributed by atoms with van der Waals surface area (Å²) in [5, 5.41) is 4.57. The van der Waals surface area contributed by atoms with E-state index in [2.05, 4.69) is 10.6 Å². The van der Waals surface area contributed by atoms with Gasteiger partial charge in [-0.05, 0) is 49.1 Å². The number of hydrogen-bond acceptors (Lipinski definition) is 6. The second kappa shape index (κ2) is 10.0. The fourth-order valence-corrected chi connectivity index (χ4v) is 5.26. The third kappa shape index (κ3) is 5.70. The maximum absolute atomic E-state index is 13.3. The van der Waals surface area contributed by atoms with Crippen LogP contribution in [0.3, 0.4) is 0 Å². The minimum atomic E-state index is -3.92. The van der Waals surface area contributed by atoms with Crippen molar-refractivity contribution in [2.75, 3.05) is 17.5 Å². The number of anilines is 1. The number of ether oxygens (including phenoxy) is 1. The molecule has 2 aromatic carbocycles. The minimum Gasteiger partial charge on any atom is -0.452 e. The maximum Gasteiger partial charge on any atom is 0.338 e. The van der Waals surface area contributed by atoms with Crippen LogP contribution in [0.5, 0.6) is 0 Å². The average Bonchev–Trinajstić information content (AvgIpc) is 3.12. The van der Waals surface area contributed by atoms with E-state index in [1.165, 1.54) is 28.6 Å². The number of nitrogens with zero attached hydrogens (tertiary/aromatic N) is 1. The number of carbonyl (C=O) groups excluding carboxylic acids is 3. The Hall–Kier alpha value is -3.40. The van der Waals surface area contributed by atoms with Crippen LogP contribution < -0.4 is 14.9 Å².